The number of carbonyl (C=O) groups is 2. The number of rotatable bonds is 5. The number of benzene rings is 3. The molecule has 0 heterocycles. The smallest absolute Gasteiger partial charge is 0.338 e. The van der Waals surface area contributed by atoms with Gasteiger partial charge in [-0.05, 0) is 67.1 Å². The van der Waals surface area contributed by atoms with Gasteiger partial charge in [-0.25, -0.2) is 10.3 Å². The average molecular weight is 438 g/mol. The number of anilines is 1. The Morgan fingerprint density at radius 2 is 1.61 bits per heavy atom. The van der Waals surface area contributed by atoms with Crippen LogP contribution in [0.3, 0.4) is 0 Å². The summed E-state index contributed by atoms with van der Waals surface area (Å²) in [6.45, 7) is 1.85. The Hall–Kier alpha value is -3.32. The Morgan fingerprint density at radius 3 is 2.29 bits per heavy atom. The van der Waals surface area contributed by atoms with Gasteiger partial charge in [0.1, 0.15) is 0 Å². The van der Waals surface area contributed by atoms with Crippen LogP contribution in [0, 0.1) is 6.92 Å². The van der Waals surface area contributed by atoms with Crippen molar-refractivity contribution in [3.8, 4) is 0 Å². The molecule has 0 saturated carbocycles. The first kappa shape index (κ1) is 19.4. The van der Waals surface area contributed by atoms with E-state index in [9.17, 15) is 9.59 Å². The van der Waals surface area contributed by atoms with Gasteiger partial charge in [0.25, 0.3) is 5.91 Å². The number of nitrogens with zero attached hydrogens (tertiary/aromatic N) is 2. The Bertz CT molecular complexity index is 1020. The average Bonchev–Trinajstić information content (AvgIpc) is 2.72. The van der Waals surface area contributed by atoms with Crippen molar-refractivity contribution in [3.63, 3.8) is 0 Å². The molecule has 0 bridgehead atoms. The summed E-state index contributed by atoms with van der Waals surface area (Å²) < 4.78 is 0.877. The fourth-order valence-electron chi connectivity index (χ4n) is 2.32. The molecular weight excluding hydrogens is 422 g/mol. The lowest BCUT2D eigenvalue weighted by molar-refractivity contribution is 0.0596. The molecule has 0 aliphatic heterocycles. The minimum Gasteiger partial charge on any atom is -0.338 e. The summed E-state index contributed by atoms with van der Waals surface area (Å²) in [5.74, 6) is -0.899. The highest BCUT2D eigenvalue weighted by Crippen LogP contribution is 2.18. The van der Waals surface area contributed by atoms with Crippen molar-refractivity contribution in [2.75, 3.05) is 5.48 Å². The van der Waals surface area contributed by atoms with Gasteiger partial charge in [0, 0.05) is 10.0 Å². The molecule has 1 amide bonds. The largest absolute Gasteiger partial charge is 0.362 e. The summed E-state index contributed by atoms with van der Waals surface area (Å²) in [6.07, 6.45) is 0. The fraction of sp³-hybridized carbons (Fsp3) is 0.0476. The summed E-state index contributed by atoms with van der Waals surface area (Å²) >= 11 is 3.31. The fourth-order valence-corrected chi connectivity index (χ4v) is 2.58. The van der Waals surface area contributed by atoms with Gasteiger partial charge in [-0.15, -0.1) is 10.2 Å². The number of halogens is 1. The Kier molecular flexibility index (Phi) is 6.29. The second-order valence-corrected chi connectivity index (χ2v) is 6.78. The van der Waals surface area contributed by atoms with E-state index in [1.54, 1.807) is 60.7 Å². The predicted molar refractivity (Wildman–Crippen MR) is 110 cm³/mol. The molecule has 1 N–H and O–H groups in total. The number of hydrogen-bond acceptors (Lipinski definition) is 5. The van der Waals surface area contributed by atoms with E-state index in [2.05, 4.69) is 31.6 Å². The monoisotopic (exact) mass is 437 g/mol. The quantitative estimate of drug-likeness (QED) is 0.399. The van der Waals surface area contributed by atoms with Gasteiger partial charge in [0.15, 0.2) is 0 Å². The molecule has 0 saturated heterocycles. The highest BCUT2D eigenvalue weighted by molar-refractivity contribution is 9.10. The molecule has 0 aliphatic rings. The zero-order chi connectivity index (χ0) is 19.9. The first-order valence-corrected chi connectivity index (χ1v) is 9.17. The Morgan fingerprint density at radius 1 is 0.929 bits per heavy atom. The number of aryl methyl sites for hydroxylation is 1. The first-order chi connectivity index (χ1) is 13.5. The van der Waals surface area contributed by atoms with E-state index in [4.69, 9.17) is 4.84 Å². The lowest BCUT2D eigenvalue weighted by Gasteiger charge is -2.07. The van der Waals surface area contributed by atoms with Crippen molar-refractivity contribution in [3.05, 3.63) is 94.0 Å². The van der Waals surface area contributed by atoms with Crippen molar-refractivity contribution in [2.24, 2.45) is 10.2 Å². The molecule has 3 aromatic rings. The summed E-state index contributed by atoms with van der Waals surface area (Å²) in [5.41, 5.74) is 5.44. The number of carbonyl (C=O) groups excluding carboxylic acids is 2. The minimum atomic E-state index is -0.500. The highest BCUT2D eigenvalue weighted by Gasteiger charge is 2.08. The van der Waals surface area contributed by atoms with Crippen molar-refractivity contribution in [2.45, 2.75) is 6.92 Å². The highest BCUT2D eigenvalue weighted by atomic mass is 79.9. The van der Waals surface area contributed by atoms with Crippen molar-refractivity contribution < 1.29 is 14.4 Å². The topological polar surface area (TPSA) is 80.1 Å². The molecule has 3 aromatic carbocycles. The van der Waals surface area contributed by atoms with Gasteiger partial charge >= 0.3 is 5.97 Å². The lowest BCUT2D eigenvalue weighted by Crippen LogP contribution is -2.10. The predicted octanol–water partition coefficient (Wildman–Crippen LogP) is 5.87. The van der Waals surface area contributed by atoms with Gasteiger partial charge in [-0.1, -0.05) is 34.1 Å². The standard InChI is InChI=1S/C21H16BrN3O3/c1-14-4-2-3-5-19(14)20(26)24-23-17-10-12-18(13-11-17)25-28-21(27)15-6-8-16(22)9-7-15/h2-13,25H,1H3. The summed E-state index contributed by atoms with van der Waals surface area (Å²) in [7, 11) is 0. The maximum absolute atomic E-state index is 12.1. The molecular formula is C21H16BrN3O3. The Labute approximate surface area is 170 Å². The van der Waals surface area contributed by atoms with Gasteiger partial charge in [-0.3, -0.25) is 4.79 Å². The molecule has 0 aromatic heterocycles. The number of hydrogen-bond donors (Lipinski definition) is 1. The van der Waals surface area contributed by atoms with E-state index in [1.165, 1.54) is 0 Å². The molecule has 140 valence electrons. The van der Waals surface area contributed by atoms with Crippen LogP contribution in [-0.4, -0.2) is 11.9 Å². The molecule has 3 rings (SSSR count). The normalized spacial score (nSPS) is 10.6. The molecule has 0 radical (unpaired) electrons. The molecule has 0 spiro atoms. The Balaban J connectivity index is 1.57. The van der Waals surface area contributed by atoms with Crippen LogP contribution < -0.4 is 5.48 Å². The van der Waals surface area contributed by atoms with Crippen LogP contribution in [0.2, 0.25) is 0 Å². The SMILES string of the molecule is Cc1ccccc1C(=O)N=Nc1ccc(NOC(=O)c2ccc(Br)cc2)cc1. The van der Waals surface area contributed by atoms with E-state index in [-0.39, 0.29) is 0 Å². The third-order valence-corrected chi connectivity index (χ3v) is 4.37. The second kappa shape index (κ2) is 9.05. The number of azo groups is 1. The molecule has 0 aliphatic carbocycles. The summed E-state index contributed by atoms with van der Waals surface area (Å²) in [5, 5.41) is 7.70. The maximum atomic E-state index is 12.1. The summed E-state index contributed by atoms with van der Waals surface area (Å²) in [4.78, 5) is 29.1. The van der Waals surface area contributed by atoms with Crippen molar-refractivity contribution in [1.82, 2.24) is 0 Å². The van der Waals surface area contributed by atoms with Crippen LogP contribution in [0.1, 0.15) is 26.3 Å². The van der Waals surface area contributed by atoms with Crippen molar-refractivity contribution >= 4 is 39.2 Å². The first-order valence-electron chi connectivity index (χ1n) is 8.37. The molecule has 7 heteroatoms. The summed E-state index contributed by atoms with van der Waals surface area (Å²) in [6, 6.07) is 20.7. The van der Waals surface area contributed by atoms with Crippen LogP contribution in [-0.2, 0) is 4.84 Å². The zero-order valence-corrected chi connectivity index (χ0v) is 16.5. The van der Waals surface area contributed by atoms with Crippen LogP contribution >= 0.6 is 15.9 Å². The zero-order valence-electron chi connectivity index (χ0n) is 14.9. The minimum absolute atomic E-state index is 0.399. The van der Waals surface area contributed by atoms with Gasteiger partial charge in [0.2, 0.25) is 0 Å². The van der Waals surface area contributed by atoms with Crippen LogP contribution in [0.5, 0.6) is 0 Å². The van der Waals surface area contributed by atoms with Gasteiger partial charge in [0.05, 0.1) is 16.9 Å². The molecule has 28 heavy (non-hydrogen) atoms. The van der Waals surface area contributed by atoms with Crippen molar-refractivity contribution in [1.29, 1.82) is 0 Å². The molecule has 6 nitrogen and oxygen atoms in total. The van der Waals surface area contributed by atoms with E-state index in [0.29, 0.717) is 22.5 Å². The van der Waals surface area contributed by atoms with E-state index < -0.39 is 11.9 Å². The van der Waals surface area contributed by atoms with E-state index >= 15 is 0 Å². The lowest BCUT2D eigenvalue weighted by atomic mass is 10.1. The van der Waals surface area contributed by atoms with Crippen LogP contribution in [0.25, 0.3) is 0 Å². The third-order valence-electron chi connectivity index (χ3n) is 3.84. The number of amides is 1. The van der Waals surface area contributed by atoms with Crippen LogP contribution in [0.4, 0.5) is 11.4 Å². The van der Waals surface area contributed by atoms with Crippen LogP contribution in [0.15, 0.2) is 87.5 Å². The molecule has 0 fully saturated rings. The van der Waals surface area contributed by atoms with Gasteiger partial charge in [-0.2, -0.15) is 0 Å². The third kappa shape index (κ3) is 5.11. The van der Waals surface area contributed by atoms with E-state index in [0.717, 1.165) is 10.0 Å². The number of nitrogens with one attached hydrogen (secondary N) is 1. The molecule has 0 unspecified atom stereocenters. The second-order valence-electron chi connectivity index (χ2n) is 5.87. The molecule has 0 atom stereocenters. The van der Waals surface area contributed by atoms with E-state index in [1.807, 2.05) is 19.1 Å². The van der Waals surface area contributed by atoms with Gasteiger partial charge < -0.3 is 4.84 Å². The maximum Gasteiger partial charge on any atom is 0.362 e.